The fourth-order valence-electron chi connectivity index (χ4n) is 5.89. The molecule has 0 bridgehead atoms. The lowest BCUT2D eigenvalue weighted by molar-refractivity contribution is -0.147. The van der Waals surface area contributed by atoms with Crippen LogP contribution < -0.4 is 5.32 Å². The van der Waals surface area contributed by atoms with Crippen molar-refractivity contribution < 1.29 is 19.1 Å². The molecule has 220 valence electrons. The van der Waals surface area contributed by atoms with Gasteiger partial charge >= 0.3 is 5.97 Å². The Morgan fingerprint density at radius 1 is 0.860 bits per heavy atom. The van der Waals surface area contributed by atoms with Gasteiger partial charge in [0.25, 0.3) is 5.91 Å². The van der Waals surface area contributed by atoms with E-state index in [9.17, 15) is 14.4 Å². The Balaban J connectivity index is 1.38. The van der Waals surface area contributed by atoms with Crippen LogP contribution in [-0.2, 0) is 19.9 Å². The molecule has 8 heteroatoms. The van der Waals surface area contributed by atoms with Gasteiger partial charge in [0.05, 0.1) is 24.5 Å². The zero-order chi connectivity index (χ0) is 30.6. The molecule has 8 nitrogen and oxygen atoms in total. The van der Waals surface area contributed by atoms with Crippen LogP contribution in [0.25, 0.3) is 0 Å². The first-order valence-corrected chi connectivity index (χ1v) is 14.3. The summed E-state index contributed by atoms with van der Waals surface area (Å²) in [5.41, 5.74) is 3.19. The summed E-state index contributed by atoms with van der Waals surface area (Å²) in [6, 6.07) is 32.8. The number of carbonyl (C=O) groups excluding carboxylic acids is 3. The summed E-state index contributed by atoms with van der Waals surface area (Å²) in [5, 5.41) is 2.98. The number of benzene rings is 3. The van der Waals surface area contributed by atoms with Crippen LogP contribution in [0.15, 0.2) is 109 Å². The molecular weight excluding hydrogens is 540 g/mol. The van der Waals surface area contributed by atoms with Crippen LogP contribution in [0.4, 0.5) is 5.69 Å². The van der Waals surface area contributed by atoms with Gasteiger partial charge < -0.3 is 15.0 Å². The smallest absolute Gasteiger partial charge is 0.328 e. The number of ether oxygens (including phenoxy) is 1. The second-order valence-corrected chi connectivity index (χ2v) is 11.0. The number of carbonyl (C=O) groups is 3. The molecule has 1 aliphatic rings. The van der Waals surface area contributed by atoms with Crippen LogP contribution in [-0.4, -0.2) is 65.4 Å². The van der Waals surface area contributed by atoms with Crippen molar-refractivity contribution in [3.05, 3.63) is 132 Å². The molecule has 1 saturated heterocycles. The van der Waals surface area contributed by atoms with E-state index in [1.165, 1.54) is 18.2 Å². The van der Waals surface area contributed by atoms with E-state index in [0.717, 1.165) is 16.7 Å². The highest BCUT2D eigenvalue weighted by molar-refractivity contribution is 5.98. The number of likely N-dealkylation sites (N-methyl/N-ethyl adjacent to an activating group) is 1. The number of nitrogens with one attached hydrogen (secondary N) is 1. The van der Waals surface area contributed by atoms with Crippen molar-refractivity contribution in [1.82, 2.24) is 14.8 Å². The SMILES string of the molecule is COC(=O)[C@H](C(C)C)N(C)C(=O)c1ccc(NC(=O)C2C[N@]2C(c2ccccc2)(c2ccccc2)c2ccccc2)cn1. The van der Waals surface area contributed by atoms with Gasteiger partial charge in [0.2, 0.25) is 5.91 Å². The summed E-state index contributed by atoms with van der Waals surface area (Å²) in [4.78, 5) is 46.8. The maximum Gasteiger partial charge on any atom is 0.328 e. The topological polar surface area (TPSA) is 91.6 Å². The summed E-state index contributed by atoms with van der Waals surface area (Å²) >= 11 is 0. The van der Waals surface area contributed by atoms with E-state index in [2.05, 4.69) is 51.6 Å². The maximum atomic E-state index is 13.6. The normalized spacial score (nSPS) is 16.7. The highest BCUT2D eigenvalue weighted by Crippen LogP contribution is 2.48. The van der Waals surface area contributed by atoms with Crippen LogP contribution in [0.2, 0.25) is 0 Å². The van der Waals surface area contributed by atoms with E-state index in [0.29, 0.717) is 12.2 Å². The Morgan fingerprint density at radius 3 is 1.79 bits per heavy atom. The predicted molar refractivity (Wildman–Crippen MR) is 165 cm³/mol. The average Bonchev–Trinajstić information content (AvgIpc) is 3.84. The number of amides is 2. The molecular formula is C35H36N4O4. The van der Waals surface area contributed by atoms with Gasteiger partial charge in [-0.1, -0.05) is 105 Å². The van der Waals surface area contributed by atoms with Crippen molar-refractivity contribution in [2.24, 2.45) is 5.92 Å². The predicted octanol–water partition coefficient (Wildman–Crippen LogP) is 4.97. The summed E-state index contributed by atoms with van der Waals surface area (Å²) in [5.74, 6) is -1.19. The van der Waals surface area contributed by atoms with Crippen LogP contribution in [0.1, 0.15) is 41.0 Å². The number of anilines is 1. The minimum absolute atomic E-state index is 0.142. The molecule has 0 aliphatic carbocycles. The minimum atomic E-state index is -0.737. The highest BCUT2D eigenvalue weighted by atomic mass is 16.5. The lowest BCUT2D eigenvalue weighted by Gasteiger charge is -2.38. The highest BCUT2D eigenvalue weighted by Gasteiger charge is 2.56. The van der Waals surface area contributed by atoms with Gasteiger partial charge in [-0.2, -0.15) is 0 Å². The summed E-state index contributed by atoms with van der Waals surface area (Å²) < 4.78 is 4.88. The van der Waals surface area contributed by atoms with Crippen LogP contribution in [0, 0.1) is 5.92 Å². The van der Waals surface area contributed by atoms with Crippen LogP contribution in [0.3, 0.4) is 0 Å². The molecule has 3 aromatic carbocycles. The number of pyridine rings is 1. The van der Waals surface area contributed by atoms with Crippen LogP contribution in [0.5, 0.6) is 0 Å². The quantitative estimate of drug-likeness (QED) is 0.163. The second kappa shape index (κ2) is 12.6. The average molecular weight is 577 g/mol. The molecule has 2 heterocycles. The minimum Gasteiger partial charge on any atom is -0.467 e. The fraction of sp³-hybridized carbons (Fsp3) is 0.257. The Hall–Kier alpha value is -4.82. The monoisotopic (exact) mass is 576 g/mol. The number of hydrogen-bond donors (Lipinski definition) is 1. The second-order valence-electron chi connectivity index (χ2n) is 11.0. The molecule has 1 fully saturated rings. The number of methoxy groups -OCH3 is 1. The molecule has 0 saturated carbocycles. The Labute approximate surface area is 252 Å². The fourth-order valence-corrected chi connectivity index (χ4v) is 5.89. The van der Waals surface area contributed by atoms with Gasteiger partial charge in [-0.25, -0.2) is 9.78 Å². The summed E-state index contributed by atoms with van der Waals surface area (Å²) in [6.45, 7) is 4.25. The Bertz CT molecular complexity index is 1460. The van der Waals surface area contributed by atoms with Crippen molar-refractivity contribution in [1.29, 1.82) is 0 Å². The first-order valence-electron chi connectivity index (χ1n) is 14.3. The Morgan fingerprint density at radius 2 is 1.37 bits per heavy atom. The summed E-state index contributed by atoms with van der Waals surface area (Å²) in [7, 11) is 2.86. The lowest BCUT2D eigenvalue weighted by atomic mass is 9.76. The molecule has 1 aromatic heterocycles. The largest absolute Gasteiger partial charge is 0.467 e. The molecule has 2 amide bonds. The number of rotatable bonds is 10. The maximum absolute atomic E-state index is 13.6. The number of nitrogens with zero attached hydrogens (tertiary/aromatic N) is 3. The molecule has 1 unspecified atom stereocenters. The van der Waals surface area contributed by atoms with E-state index >= 15 is 0 Å². The number of aromatic nitrogens is 1. The van der Waals surface area contributed by atoms with E-state index in [-0.39, 0.29) is 23.6 Å². The van der Waals surface area contributed by atoms with E-state index < -0.39 is 23.5 Å². The molecule has 1 N–H and O–H groups in total. The first-order chi connectivity index (χ1) is 20.8. The third-order valence-electron chi connectivity index (χ3n) is 7.98. The molecule has 3 atom stereocenters. The zero-order valence-electron chi connectivity index (χ0n) is 24.8. The molecule has 0 radical (unpaired) electrons. The van der Waals surface area contributed by atoms with E-state index in [1.54, 1.807) is 19.2 Å². The van der Waals surface area contributed by atoms with Gasteiger partial charge in [0.15, 0.2) is 0 Å². The van der Waals surface area contributed by atoms with Crippen molar-refractivity contribution in [3.63, 3.8) is 0 Å². The number of esters is 1. The van der Waals surface area contributed by atoms with Gasteiger partial charge in [0, 0.05) is 13.6 Å². The molecule has 5 rings (SSSR count). The van der Waals surface area contributed by atoms with Gasteiger partial charge in [-0.05, 0) is 34.7 Å². The third kappa shape index (κ3) is 5.79. The zero-order valence-corrected chi connectivity index (χ0v) is 24.8. The van der Waals surface area contributed by atoms with Crippen molar-refractivity contribution in [3.8, 4) is 0 Å². The lowest BCUT2D eigenvalue weighted by Crippen LogP contribution is -2.46. The van der Waals surface area contributed by atoms with Crippen LogP contribution >= 0.6 is 0 Å². The van der Waals surface area contributed by atoms with Crippen molar-refractivity contribution >= 4 is 23.5 Å². The summed E-state index contributed by atoms with van der Waals surface area (Å²) in [6.07, 6.45) is 1.47. The number of hydrogen-bond acceptors (Lipinski definition) is 6. The molecule has 43 heavy (non-hydrogen) atoms. The van der Waals surface area contributed by atoms with E-state index in [1.807, 2.05) is 68.4 Å². The van der Waals surface area contributed by atoms with Gasteiger partial charge in [-0.15, -0.1) is 0 Å². The molecule has 0 spiro atoms. The standard InChI is InChI=1S/C35H36N4O4/c1-24(2)31(34(42)43-4)38(3)33(41)29-21-20-28(22-36-29)37-32(40)30-23-39(30)35(25-14-8-5-9-15-25,26-16-10-6-11-17-26)27-18-12-7-13-19-27/h5-22,24,30-31H,23H2,1-4H3,(H,37,40)/t30?,31-,39-/m0/s1. The van der Waals surface area contributed by atoms with E-state index in [4.69, 9.17) is 4.74 Å². The molecule has 4 aromatic rings. The third-order valence-corrected chi connectivity index (χ3v) is 7.98. The molecule has 1 aliphatic heterocycles. The van der Waals surface area contributed by atoms with Gasteiger partial charge in [0.1, 0.15) is 17.8 Å². The Kier molecular flexibility index (Phi) is 8.68. The van der Waals surface area contributed by atoms with Crippen molar-refractivity contribution in [2.45, 2.75) is 31.5 Å². The van der Waals surface area contributed by atoms with Crippen molar-refractivity contribution in [2.75, 3.05) is 26.0 Å². The van der Waals surface area contributed by atoms with Gasteiger partial charge in [-0.3, -0.25) is 14.5 Å². The first kappa shape index (κ1) is 29.7.